The number of primary amides is 1. The van der Waals surface area contributed by atoms with E-state index in [0.717, 1.165) is 5.75 Å². The predicted octanol–water partition coefficient (Wildman–Crippen LogP) is 1.34. The van der Waals surface area contributed by atoms with Gasteiger partial charge in [-0.05, 0) is 38.1 Å². The van der Waals surface area contributed by atoms with Crippen LogP contribution in [0.15, 0.2) is 24.3 Å². The van der Waals surface area contributed by atoms with Crippen LogP contribution in [0, 0.1) is 0 Å². The molecule has 0 aromatic heterocycles. The zero-order valence-corrected chi connectivity index (χ0v) is 8.90. The minimum Gasteiger partial charge on any atom is -0.494 e. The van der Waals surface area contributed by atoms with E-state index in [4.69, 9.17) is 15.2 Å². The molecule has 0 aliphatic rings. The highest BCUT2D eigenvalue weighted by Crippen LogP contribution is 2.18. The Bertz CT molecular complexity index is 321. The maximum absolute atomic E-state index is 10.7. The van der Waals surface area contributed by atoms with Crippen LogP contribution in [0.1, 0.15) is 13.8 Å². The molecule has 0 aliphatic carbocycles. The summed E-state index contributed by atoms with van der Waals surface area (Å²) in [6, 6.07) is 7.05. The summed E-state index contributed by atoms with van der Waals surface area (Å²) >= 11 is 0. The number of ether oxygens (including phenoxy) is 2. The topological polar surface area (TPSA) is 61.6 Å². The van der Waals surface area contributed by atoms with Crippen LogP contribution in [0.3, 0.4) is 0 Å². The van der Waals surface area contributed by atoms with E-state index in [0.29, 0.717) is 12.4 Å². The lowest BCUT2D eigenvalue weighted by molar-refractivity contribution is -0.123. The second-order valence-electron chi connectivity index (χ2n) is 3.07. The summed E-state index contributed by atoms with van der Waals surface area (Å²) in [5.41, 5.74) is 5.07. The summed E-state index contributed by atoms with van der Waals surface area (Å²) in [4.78, 5) is 10.7. The number of rotatable bonds is 5. The molecule has 4 heteroatoms. The Balaban J connectivity index is 2.60. The van der Waals surface area contributed by atoms with Gasteiger partial charge in [0, 0.05) is 0 Å². The molecule has 0 bridgehead atoms. The summed E-state index contributed by atoms with van der Waals surface area (Å²) in [7, 11) is 0. The maximum Gasteiger partial charge on any atom is 0.258 e. The van der Waals surface area contributed by atoms with Crippen molar-refractivity contribution in [2.24, 2.45) is 5.73 Å². The Kier molecular flexibility index (Phi) is 3.97. The third-order valence-corrected chi connectivity index (χ3v) is 1.85. The predicted molar refractivity (Wildman–Crippen MR) is 56.9 cm³/mol. The van der Waals surface area contributed by atoms with Gasteiger partial charge in [0.1, 0.15) is 11.5 Å². The largest absolute Gasteiger partial charge is 0.494 e. The number of nitrogens with two attached hydrogens (primary N) is 1. The number of hydrogen-bond acceptors (Lipinski definition) is 3. The normalized spacial score (nSPS) is 11.9. The van der Waals surface area contributed by atoms with Crippen molar-refractivity contribution in [2.75, 3.05) is 6.61 Å². The van der Waals surface area contributed by atoms with Crippen molar-refractivity contribution >= 4 is 5.91 Å². The van der Waals surface area contributed by atoms with Crippen molar-refractivity contribution in [3.05, 3.63) is 24.3 Å². The van der Waals surface area contributed by atoms with E-state index in [1.165, 1.54) is 0 Å². The van der Waals surface area contributed by atoms with E-state index >= 15 is 0 Å². The molecule has 1 atom stereocenters. The molecule has 1 rings (SSSR count). The van der Waals surface area contributed by atoms with E-state index in [2.05, 4.69) is 0 Å². The molecule has 0 radical (unpaired) electrons. The van der Waals surface area contributed by atoms with Crippen LogP contribution in [0.4, 0.5) is 0 Å². The Hall–Kier alpha value is -1.71. The number of hydrogen-bond donors (Lipinski definition) is 1. The second kappa shape index (κ2) is 5.24. The van der Waals surface area contributed by atoms with Crippen LogP contribution in [0.25, 0.3) is 0 Å². The molecule has 0 heterocycles. The van der Waals surface area contributed by atoms with Gasteiger partial charge in [-0.25, -0.2) is 0 Å². The first-order chi connectivity index (χ1) is 7.13. The lowest BCUT2D eigenvalue weighted by atomic mass is 10.3. The smallest absolute Gasteiger partial charge is 0.258 e. The fourth-order valence-corrected chi connectivity index (χ4v) is 1.04. The van der Waals surface area contributed by atoms with Gasteiger partial charge in [0.05, 0.1) is 6.61 Å². The van der Waals surface area contributed by atoms with Crippen LogP contribution < -0.4 is 15.2 Å². The fourth-order valence-electron chi connectivity index (χ4n) is 1.04. The Labute approximate surface area is 89.0 Å². The summed E-state index contributed by atoms with van der Waals surface area (Å²) in [5, 5.41) is 0. The van der Waals surface area contributed by atoms with Gasteiger partial charge in [0.15, 0.2) is 6.10 Å². The van der Waals surface area contributed by atoms with Crippen LogP contribution in [-0.4, -0.2) is 18.6 Å². The van der Waals surface area contributed by atoms with Gasteiger partial charge in [-0.1, -0.05) is 0 Å². The quantitative estimate of drug-likeness (QED) is 0.796. The summed E-state index contributed by atoms with van der Waals surface area (Å²) in [6.07, 6.45) is -0.622. The molecular formula is C11H15NO3. The highest BCUT2D eigenvalue weighted by Gasteiger charge is 2.09. The molecule has 0 saturated heterocycles. The van der Waals surface area contributed by atoms with Crippen LogP contribution in [0.5, 0.6) is 11.5 Å². The molecule has 1 amide bonds. The van der Waals surface area contributed by atoms with E-state index < -0.39 is 12.0 Å². The first kappa shape index (κ1) is 11.4. The zero-order valence-electron chi connectivity index (χ0n) is 8.90. The summed E-state index contributed by atoms with van der Waals surface area (Å²) < 4.78 is 10.5. The highest BCUT2D eigenvalue weighted by atomic mass is 16.5. The Morgan fingerprint density at radius 1 is 1.33 bits per heavy atom. The zero-order chi connectivity index (χ0) is 11.3. The number of carbonyl (C=O) groups is 1. The number of carbonyl (C=O) groups excluding carboxylic acids is 1. The van der Waals surface area contributed by atoms with E-state index in [-0.39, 0.29) is 0 Å². The fraction of sp³-hybridized carbons (Fsp3) is 0.364. The Morgan fingerprint density at radius 2 is 1.87 bits per heavy atom. The van der Waals surface area contributed by atoms with Crippen molar-refractivity contribution in [2.45, 2.75) is 20.0 Å². The van der Waals surface area contributed by atoms with Gasteiger partial charge >= 0.3 is 0 Å². The van der Waals surface area contributed by atoms with Gasteiger partial charge < -0.3 is 15.2 Å². The van der Waals surface area contributed by atoms with Gasteiger partial charge in [-0.15, -0.1) is 0 Å². The lowest BCUT2D eigenvalue weighted by Gasteiger charge is -2.11. The standard InChI is InChI=1S/C11H15NO3/c1-3-14-9-4-6-10(7-5-9)15-8(2)11(12)13/h4-8H,3H2,1-2H3,(H2,12,13)/t8-/m1/s1. The minimum absolute atomic E-state index is 0.483. The third kappa shape index (κ3) is 3.50. The first-order valence-corrected chi connectivity index (χ1v) is 4.82. The lowest BCUT2D eigenvalue weighted by Crippen LogP contribution is -2.30. The van der Waals surface area contributed by atoms with Gasteiger partial charge in [0.25, 0.3) is 5.91 Å². The van der Waals surface area contributed by atoms with Crippen LogP contribution in [-0.2, 0) is 4.79 Å². The third-order valence-electron chi connectivity index (χ3n) is 1.85. The monoisotopic (exact) mass is 209 g/mol. The molecule has 0 saturated carbocycles. The summed E-state index contributed by atoms with van der Waals surface area (Å²) in [6.45, 7) is 4.15. The molecule has 0 fully saturated rings. The molecule has 1 aromatic carbocycles. The number of amides is 1. The molecule has 0 aliphatic heterocycles. The van der Waals surface area contributed by atoms with Gasteiger partial charge in [-0.3, -0.25) is 4.79 Å². The second-order valence-corrected chi connectivity index (χ2v) is 3.07. The molecule has 4 nitrogen and oxygen atoms in total. The van der Waals surface area contributed by atoms with E-state index in [9.17, 15) is 4.79 Å². The maximum atomic E-state index is 10.7. The van der Waals surface area contributed by atoms with Crippen LogP contribution >= 0.6 is 0 Å². The van der Waals surface area contributed by atoms with Crippen LogP contribution in [0.2, 0.25) is 0 Å². The van der Waals surface area contributed by atoms with Crippen molar-refractivity contribution < 1.29 is 14.3 Å². The highest BCUT2D eigenvalue weighted by molar-refractivity contribution is 5.78. The van der Waals surface area contributed by atoms with Crippen molar-refractivity contribution in [3.63, 3.8) is 0 Å². The molecular weight excluding hydrogens is 194 g/mol. The average Bonchev–Trinajstić information content (AvgIpc) is 2.21. The molecule has 0 spiro atoms. The van der Waals surface area contributed by atoms with E-state index in [1.54, 1.807) is 31.2 Å². The summed E-state index contributed by atoms with van der Waals surface area (Å²) in [5.74, 6) is 0.894. The van der Waals surface area contributed by atoms with Crippen molar-refractivity contribution in [1.82, 2.24) is 0 Å². The number of benzene rings is 1. The van der Waals surface area contributed by atoms with Crippen molar-refractivity contribution in [3.8, 4) is 11.5 Å². The first-order valence-electron chi connectivity index (χ1n) is 4.82. The van der Waals surface area contributed by atoms with Crippen molar-refractivity contribution in [1.29, 1.82) is 0 Å². The van der Waals surface area contributed by atoms with Gasteiger partial charge in [0.2, 0.25) is 0 Å². The van der Waals surface area contributed by atoms with Gasteiger partial charge in [-0.2, -0.15) is 0 Å². The molecule has 2 N–H and O–H groups in total. The minimum atomic E-state index is -0.622. The molecule has 15 heavy (non-hydrogen) atoms. The molecule has 82 valence electrons. The van der Waals surface area contributed by atoms with E-state index in [1.807, 2.05) is 6.92 Å². The Morgan fingerprint density at radius 3 is 2.33 bits per heavy atom. The molecule has 1 aromatic rings. The SMILES string of the molecule is CCOc1ccc(O[C@H](C)C(N)=O)cc1. The average molecular weight is 209 g/mol. The molecule has 0 unspecified atom stereocenters.